The smallest absolute Gasteiger partial charge is 0.343 e. The minimum absolute atomic E-state index is 0.0828. The van der Waals surface area contributed by atoms with Crippen molar-refractivity contribution in [2.45, 2.75) is 26.8 Å². The molecule has 0 fully saturated rings. The molecule has 0 aliphatic heterocycles. The average Bonchev–Trinajstić information content (AvgIpc) is 2.64. The van der Waals surface area contributed by atoms with E-state index in [0.29, 0.717) is 11.9 Å². The Morgan fingerprint density at radius 3 is 2.56 bits per heavy atom. The lowest BCUT2D eigenvalue weighted by molar-refractivity contribution is 0.0524. The number of aryl methyl sites for hydroxylation is 1. The molecule has 25 heavy (non-hydrogen) atoms. The minimum atomic E-state index is -0.572. The zero-order valence-electron chi connectivity index (χ0n) is 14.4. The van der Waals surface area contributed by atoms with E-state index in [1.54, 1.807) is 31.6 Å². The van der Waals surface area contributed by atoms with Crippen LogP contribution in [0.1, 0.15) is 30.6 Å². The Bertz CT molecular complexity index is 962. The summed E-state index contributed by atoms with van der Waals surface area (Å²) < 4.78 is 6.98. The summed E-state index contributed by atoms with van der Waals surface area (Å²) in [6.45, 7) is 4.74. The van der Waals surface area contributed by atoms with E-state index in [4.69, 9.17) is 4.74 Å². The van der Waals surface area contributed by atoms with Gasteiger partial charge in [0, 0.05) is 30.5 Å². The highest BCUT2D eigenvalue weighted by molar-refractivity contribution is 5.94. The molecule has 0 unspecified atom stereocenters. The van der Waals surface area contributed by atoms with Gasteiger partial charge >= 0.3 is 5.97 Å². The van der Waals surface area contributed by atoms with Crippen molar-refractivity contribution in [2.75, 3.05) is 6.61 Å². The number of hydrogen-bond acceptors (Lipinski definition) is 4. The summed E-state index contributed by atoms with van der Waals surface area (Å²) in [5.41, 5.74) is 2.64. The molecule has 0 radical (unpaired) electrons. The van der Waals surface area contributed by atoms with Gasteiger partial charge in [0.25, 0.3) is 0 Å². The molecule has 3 aromatic rings. The third-order valence-electron chi connectivity index (χ3n) is 4.05. The number of fused-ring (bicyclic) bond motifs is 1. The van der Waals surface area contributed by atoms with Gasteiger partial charge < -0.3 is 9.30 Å². The number of benzene rings is 1. The van der Waals surface area contributed by atoms with Gasteiger partial charge in [0.1, 0.15) is 5.56 Å². The number of carbonyl (C=O) groups excluding carboxylic acids is 1. The molecule has 0 bridgehead atoms. The molecule has 0 spiro atoms. The first-order valence-electron chi connectivity index (χ1n) is 8.40. The van der Waals surface area contributed by atoms with E-state index in [2.05, 4.69) is 11.9 Å². The maximum atomic E-state index is 12.7. The highest BCUT2D eigenvalue weighted by Gasteiger charge is 2.16. The van der Waals surface area contributed by atoms with Crippen LogP contribution in [0, 0.1) is 0 Å². The van der Waals surface area contributed by atoms with Gasteiger partial charge in [-0.15, -0.1) is 0 Å². The van der Waals surface area contributed by atoms with Crippen molar-refractivity contribution < 1.29 is 9.53 Å². The van der Waals surface area contributed by atoms with Crippen molar-refractivity contribution in [2.24, 2.45) is 0 Å². The monoisotopic (exact) mass is 336 g/mol. The molecule has 0 aliphatic rings. The maximum absolute atomic E-state index is 12.7. The Morgan fingerprint density at radius 2 is 1.88 bits per heavy atom. The Morgan fingerprint density at radius 1 is 1.12 bits per heavy atom. The lowest BCUT2D eigenvalue weighted by Crippen LogP contribution is -2.21. The molecule has 0 aliphatic carbocycles. The fourth-order valence-corrected chi connectivity index (χ4v) is 2.89. The Hall–Kier alpha value is -2.95. The van der Waals surface area contributed by atoms with Crippen LogP contribution in [-0.4, -0.2) is 22.1 Å². The summed E-state index contributed by atoms with van der Waals surface area (Å²) in [5.74, 6) is -0.572. The molecule has 128 valence electrons. The Balaban J connectivity index is 2.22. The molecule has 5 nitrogen and oxygen atoms in total. The van der Waals surface area contributed by atoms with Crippen molar-refractivity contribution in [1.29, 1.82) is 0 Å². The first kappa shape index (κ1) is 16.9. The van der Waals surface area contributed by atoms with Gasteiger partial charge in [0.15, 0.2) is 0 Å². The predicted octanol–water partition coefficient (Wildman–Crippen LogP) is 3.65. The Labute approximate surface area is 145 Å². The van der Waals surface area contributed by atoms with Crippen molar-refractivity contribution in [1.82, 2.24) is 9.55 Å². The highest BCUT2D eigenvalue weighted by Crippen LogP contribution is 2.23. The molecule has 2 aromatic heterocycles. The molecular formula is C20H20N2O3. The first-order chi connectivity index (χ1) is 12.2. The van der Waals surface area contributed by atoms with Gasteiger partial charge in [-0.3, -0.25) is 9.78 Å². The van der Waals surface area contributed by atoms with Crippen LogP contribution < -0.4 is 5.43 Å². The normalized spacial score (nSPS) is 10.8. The number of carbonyl (C=O) groups is 1. The number of aromatic nitrogens is 2. The fraction of sp³-hybridized carbons (Fsp3) is 0.250. The molecule has 1 aromatic carbocycles. The van der Waals surface area contributed by atoms with E-state index in [-0.39, 0.29) is 17.6 Å². The van der Waals surface area contributed by atoms with Crippen LogP contribution >= 0.6 is 0 Å². The number of hydrogen-bond donors (Lipinski definition) is 0. The molecule has 0 saturated heterocycles. The van der Waals surface area contributed by atoms with Crippen molar-refractivity contribution in [3.05, 3.63) is 64.7 Å². The summed E-state index contributed by atoms with van der Waals surface area (Å²) in [6, 6.07) is 9.51. The van der Waals surface area contributed by atoms with Gasteiger partial charge in [0.05, 0.1) is 12.1 Å². The second-order valence-electron chi connectivity index (χ2n) is 5.75. The summed E-state index contributed by atoms with van der Waals surface area (Å²) >= 11 is 0. The van der Waals surface area contributed by atoms with E-state index >= 15 is 0 Å². The molecule has 0 N–H and O–H groups in total. The average molecular weight is 336 g/mol. The van der Waals surface area contributed by atoms with Gasteiger partial charge in [-0.25, -0.2) is 4.79 Å². The van der Waals surface area contributed by atoms with Crippen LogP contribution in [0.15, 0.2) is 53.7 Å². The van der Waals surface area contributed by atoms with E-state index in [0.717, 1.165) is 23.1 Å². The number of pyridine rings is 2. The van der Waals surface area contributed by atoms with Gasteiger partial charge in [-0.1, -0.05) is 13.0 Å². The van der Waals surface area contributed by atoms with E-state index < -0.39 is 5.97 Å². The van der Waals surface area contributed by atoms with Crippen molar-refractivity contribution >= 4 is 16.9 Å². The zero-order chi connectivity index (χ0) is 17.8. The van der Waals surface area contributed by atoms with E-state index in [1.807, 2.05) is 28.8 Å². The topological polar surface area (TPSA) is 61.2 Å². The standard InChI is InChI=1S/C20H20N2O3/c1-3-11-22-13-17(20(24)25-4-2)19(23)16-6-5-15(12-18(16)22)14-7-9-21-10-8-14/h5-10,12-13H,3-4,11H2,1-2H3. The second kappa shape index (κ2) is 7.30. The molecule has 0 saturated carbocycles. The number of esters is 1. The molecule has 0 amide bonds. The zero-order valence-corrected chi connectivity index (χ0v) is 14.4. The number of rotatable bonds is 5. The Kier molecular flexibility index (Phi) is 4.93. The SMILES string of the molecule is CCCn1cc(C(=O)OCC)c(=O)c2ccc(-c3ccncc3)cc21. The van der Waals surface area contributed by atoms with E-state index in [9.17, 15) is 9.59 Å². The predicted molar refractivity (Wildman–Crippen MR) is 97.7 cm³/mol. The summed E-state index contributed by atoms with van der Waals surface area (Å²) in [5, 5.41) is 0.525. The lowest BCUT2D eigenvalue weighted by atomic mass is 10.0. The number of nitrogens with zero attached hydrogens (tertiary/aromatic N) is 2. The van der Waals surface area contributed by atoms with Crippen molar-refractivity contribution in [3.8, 4) is 11.1 Å². The van der Waals surface area contributed by atoms with Crippen molar-refractivity contribution in [3.63, 3.8) is 0 Å². The van der Waals surface area contributed by atoms with Crippen LogP contribution in [0.2, 0.25) is 0 Å². The summed E-state index contributed by atoms with van der Waals surface area (Å²) in [7, 11) is 0. The van der Waals surface area contributed by atoms with Crippen LogP contribution in [0.5, 0.6) is 0 Å². The first-order valence-corrected chi connectivity index (χ1v) is 8.40. The van der Waals surface area contributed by atoms with Crippen LogP contribution in [-0.2, 0) is 11.3 Å². The molecular weight excluding hydrogens is 316 g/mol. The second-order valence-corrected chi connectivity index (χ2v) is 5.75. The summed E-state index contributed by atoms with van der Waals surface area (Å²) in [4.78, 5) is 28.9. The molecule has 0 atom stereocenters. The molecule has 2 heterocycles. The third kappa shape index (κ3) is 3.31. The number of ether oxygens (including phenoxy) is 1. The van der Waals surface area contributed by atoms with Crippen LogP contribution in [0.4, 0.5) is 0 Å². The lowest BCUT2D eigenvalue weighted by Gasteiger charge is -2.13. The van der Waals surface area contributed by atoms with Gasteiger partial charge in [0.2, 0.25) is 5.43 Å². The molecule has 3 rings (SSSR count). The quantitative estimate of drug-likeness (QED) is 0.667. The molecule has 5 heteroatoms. The highest BCUT2D eigenvalue weighted by atomic mass is 16.5. The van der Waals surface area contributed by atoms with Gasteiger partial charge in [-0.05, 0) is 48.7 Å². The van der Waals surface area contributed by atoms with E-state index in [1.165, 1.54) is 0 Å². The maximum Gasteiger partial charge on any atom is 0.343 e. The largest absolute Gasteiger partial charge is 0.462 e. The fourth-order valence-electron chi connectivity index (χ4n) is 2.89. The minimum Gasteiger partial charge on any atom is -0.462 e. The van der Waals surface area contributed by atoms with Crippen LogP contribution in [0.25, 0.3) is 22.0 Å². The summed E-state index contributed by atoms with van der Waals surface area (Å²) in [6.07, 6.45) is 5.98. The van der Waals surface area contributed by atoms with Gasteiger partial charge in [-0.2, -0.15) is 0 Å². The third-order valence-corrected chi connectivity index (χ3v) is 4.05. The van der Waals surface area contributed by atoms with Crippen LogP contribution in [0.3, 0.4) is 0 Å².